The predicted molar refractivity (Wildman–Crippen MR) is 143 cm³/mol. The van der Waals surface area contributed by atoms with E-state index < -0.39 is 0 Å². The molecular weight excluding hydrogens is 438 g/mol. The third-order valence-corrected chi connectivity index (χ3v) is 6.58. The van der Waals surface area contributed by atoms with E-state index >= 15 is 0 Å². The number of fused-ring (bicyclic) bond motifs is 1. The van der Waals surface area contributed by atoms with Gasteiger partial charge in [-0.1, -0.05) is 31.9 Å². The lowest BCUT2D eigenvalue weighted by Crippen LogP contribution is -2.46. The summed E-state index contributed by atoms with van der Waals surface area (Å²) in [6, 6.07) is 13.4. The molecule has 1 N–H and O–H groups in total. The molecule has 4 rings (SSSR count). The minimum Gasteiger partial charge on any atom is -0.504 e. The van der Waals surface area contributed by atoms with Crippen LogP contribution in [0.2, 0.25) is 0 Å². The quantitative estimate of drug-likeness (QED) is 0.343. The first kappa shape index (κ1) is 24.9. The molecule has 0 unspecified atom stereocenters. The van der Waals surface area contributed by atoms with Gasteiger partial charge in [0.25, 0.3) is 0 Å². The summed E-state index contributed by atoms with van der Waals surface area (Å²) in [5.41, 5.74) is 3.52. The minimum absolute atomic E-state index is 0.0648. The average molecular weight is 476 g/mol. The molecule has 6 nitrogen and oxygen atoms in total. The first-order valence-electron chi connectivity index (χ1n) is 12.7. The van der Waals surface area contributed by atoms with Gasteiger partial charge in [0.1, 0.15) is 11.5 Å². The molecule has 1 saturated heterocycles. The molecule has 0 aliphatic carbocycles. The molecule has 35 heavy (non-hydrogen) atoms. The number of benzene rings is 2. The van der Waals surface area contributed by atoms with Crippen LogP contribution < -0.4 is 14.4 Å². The lowest BCUT2D eigenvalue weighted by molar-refractivity contribution is 0.275. The molecule has 3 aromatic rings. The zero-order valence-corrected chi connectivity index (χ0v) is 21.2. The predicted octanol–water partition coefficient (Wildman–Crippen LogP) is 6.39. The Bertz CT molecular complexity index is 1140. The molecule has 0 amide bonds. The number of pyridine rings is 1. The standard InChI is InChI=1S/C29H37N3O3/c1-4-6-8-22(7-5-2)21-31-15-17-32(18-16-31)23-9-11-24(12-10-23)35-28-13-14-30-26-20-29(34-3)27(33)19-25(26)28/h7,9-14,19-20,33H,4-6,8,15-18,21H2,1-3H3/b22-7+. The van der Waals surface area contributed by atoms with Crippen LogP contribution >= 0.6 is 0 Å². The molecule has 0 spiro atoms. The zero-order chi connectivity index (χ0) is 24.6. The van der Waals surface area contributed by atoms with Crippen molar-refractivity contribution in [3.05, 3.63) is 60.3 Å². The maximum absolute atomic E-state index is 10.2. The van der Waals surface area contributed by atoms with Crippen molar-refractivity contribution in [2.75, 3.05) is 44.7 Å². The van der Waals surface area contributed by atoms with Gasteiger partial charge in [0, 0.05) is 56.1 Å². The monoisotopic (exact) mass is 475 g/mol. The summed E-state index contributed by atoms with van der Waals surface area (Å²) >= 11 is 0. The smallest absolute Gasteiger partial charge is 0.162 e. The van der Waals surface area contributed by atoms with Gasteiger partial charge >= 0.3 is 0 Å². The maximum atomic E-state index is 10.2. The van der Waals surface area contributed by atoms with Crippen molar-refractivity contribution in [2.24, 2.45) is 0 Å². The topological polar surface area (TPSA) is 58.1 Å². The van der Waals surface area contributed by atoms with Gasteiger partial charge in [0.2, 0.25) is 0 Å². The summed E-state index contributed by atoms with van der Waals surface area (Å²) in [5, 5.41) is 10.9. The third-order valence-electron chi connectivity index (χ3n) is 6.58. The molecule has 2 heterocycles. The van der Waals surface area contributed by atoms with Crippen LogP contribution in [-0.2, 0) is 0 Å². The molecule has 186 valence electrons. The van der Waals surface area contributed by atoms with E-state index in [4.69, 9.17) is 9.47 Å². The highest BCUT2D eigenvalue weighted by atomic mass is 16.5. The van der Waals surface area contributed by atoms with Crippen LogP contribution in [0.4, 0.5) is 5.69 Å². The van der Waals surface area contributed by atoms with Gasteiger partial charge < -0.3 is 19.5 Å². The molecule has 0 atom stereocenters. The molecule has 0 radical (unpaired) electrons. The van der Waals surface area contributed by atoms with Gasteiger partial charge in [0.05, 0.1) is 12.6 Å². The van der Waals surface area contributed by atoms with E-state index in [0.29, 0.717) is 17.0 Å². The average Bonchev–Trinajstić information content (AvgIpc) is 2.88. The van der Waals surface area contributed by atoms with Crippen LogP contribution in [0, 0.1) is 0 Å². The molecule has 0 bridgehead atoms. The Morgan fingerprint density at radius 2 is 1.80 bits per heavy atom. The number of phenols is 1. The number of aromatic nitrogens is 1. The van der Waals surface area contributed by atoms with Crippen LogP contribution in [0.3, 0.4) is 0 Å². The molecule has 6 heteroatoms. The Labute approximate surface area is 208 Å². The molecule has 1 aromatic heterocycles. The van der Waals surface area contributed by atoms with E-state index in [-0.39, 0.29) is 5.75 Å². The van der Waals surface area contributed by atoms with Gasteiger partial charge in [-0.3, -0.25) is 9.88 Å². The minimum atomic E-state index is 0.0648. The van der Waals surface area contributed by atoms with Crippen LogP contribution in [0.25, 0.3) is 10.9 Å². The number of anilines is 1. The number of methoxy groups -OCH3 is 1. The molecule has 0 saturated carbocycles. The van der Waals surface area contributed by atoms with Crippen LogP contribution in [0.15, 0.2) is 60.3 Å². The first-order valence-corrected chi connectivity index (χ1v) is 12.7. The Morgan fingerprint density at radius 3 is 2.49 bits per heavy atom. The number of hydrogen-bond acceptors (Lipinski definition) is 6. The van der Waals surface area contributed by atoms with Crippen molar-refractivity contribution in [2.45, 2.75) is 39.5 Å². The number of hydrogen-bond donors (Lipinski definition) is 1. The van der Waals surface area contributed by atoms with E-state index in [1.165, 1.54) is 32.1 Å². The summed E-state index contributed by atoms with van der Waals surface area (Å²) in [7, 11) is 1.52. The van der Waals surface area contributed by atoms with Gasteiger partial charge in [-0.2, -0.15) is 0 Å². The van der Waals surface area contributed by atoms with Gasteiger partial charge in [0.15, 0.2) is 11.5 Å². The number of rotatable bonds is 10. The van der Waals surface area contributed by atoms with Crippen molar-refractivity contribution in [3.8, 4) is 23.0 Å². The van der Waals surface area contributed by atoms with E-state index in [9.17, 15) is 5.11 Å². The fraction of sp³-hybridized carbons (Fsp3) is 0.414. The van der Waals surface area contributed by atoms with Gasteiger partial charge in [-0.25, -0.2) is 0 Å². The van der Waals surface area contributed by atoms with Crippen molar-refractivity contribution >= 4 is 16.6 Å². The van der Waals surface area contributed by atoms with Crippen molar-refractivity contribution in [3.63, 3.8) is 0 Å². The Kier molecular flexibility index (Phi) is 8.48. The van der Waals surface area contributed by atoms with Crippen molar-refractivity contribution in [1.29, 1.82) is 0 Å². The maximum Gasteiger partial charge on any atom is 0.162 e. The fourth-order valence-corrected chi connectivity index (χ4v) is 4.63. The highest BCUT2D eigenvalue weighted by Crippen LogP contribution is 2.36. The zero-order valence-electron chi connectivity index (χ0n) is 21.2. The highest BCUT2D eigenvalue weighted by molar-refractivity contribution is 5.88. The van der Waals surface area contributed by atoms with E-state index in [2.05, 4.69) is 46.8 Å². The summed E-state index contributed by atoms with van der Waals surface area (Å²) < 4.78 is 11.3. The number of unbranched alkanes of at least 4 members (excludes halogenated alkanes) is 1. The van der Waals surface area contributed by atoms with Gasteiger partial charge in [-0.05, 0) is 55.7 Å². The summed E-state index contributed by atoms with van der Waals surface area (Å²) in [6.45, 7) is 9.83. The Hall–Kier alpha value is -3.25. The van der Waals surface area contributed by atoms with Crippen molar-refractivity contribution < 1.29 is 14.6 Å². The van der Waals surface area contributed by atoms with Crippen molar-refractivity contribution in [1.82, 2.24) is 9.88 Å². The second-order valence-corrected chi connectivity index (χ2v) is 9.08. The Balaban J connectivity index is 1.37. The van der Waals surface area contributed by atoms with Crippen LogP contribution in [-0.4, -0.2) is 54.8 Å². The Morgan fingerprint density at radius 1 is 1.03 bits per heavy atom. The largest absolute Gasteiger partial charge is 0.504 e. The van der Waals surface area contributed by atoms with Crippen LogP contribution in [0.5, 0.6) is 23.0 Å². The normalized spacial score (nSPS) is 14.9. The summed E-state index contributed by atoms with van der Waals surface area (Å²) in [5.74, 6) is 1.86. The SMILES string of the molecule is CC/C=C(\CCCC)CN1CCN(c2ccc(Oc3ccnc4cc(OC)c(O)cc34)cc2)CC1. The number of piperazine rings is 1. The third kappa shape index (κ3) is 6.25. The second-order valence-electron chi connectivity index (χ2n) is 9.08. The molecule has 2 aromatic carbocycles. The second kappa shape index (κ2) is 11.9. The lowest BCUT2D eigenvalue weighted by atomic mass is 10.1. The number of aromatic hydroxyl groups is 1. The number of phenolic OH excluding ortho intramolecular Hbond substituents is 1. The molecule has 1 aliphatic rings. The van der Waals surface area contributed by atoms with Crippen LogP contribution in [0.1, 0.15) is 39.5 Å². The molecule has 1 fully saturated rings. The van der Waals surface area contributed by atoms with Gasteiger partial charge in [-0.15, -0.1) is 0 Å². The first-order chi connectivity index (χ1) is 17.1. The summed E-state index contributed by atoms with van der Waals surface area (Å²) in [4.78, 5) is 9.41. The molecule has 1 aliphatic heterocycles. The van der Waals surface area contributed by atoms with E-state index in [1.54, 1.807) is 23.9 Å². The highest BCUT2D eigenvalue weighted by Gasteiger charge is 2.18. The summed E-state index contributed by atoms with van der Waals surface area (Å²) in [6.07, 6.45) is 9.01. The number of allylic oxidation sites excluding steroid dienone is 1. The molecular formula is C29H37N3O3. The lowest BCUT2D eigenvalue weighted by Gasteiger charge is -2.36. The van der Waals surface area contributed by atoms with E-state index in [0.717, 1.165) is 50.3 Å². The number of nitrogens with zero attached hydrogens (tertiary/aromatic N) is 3. The number of ether oxygens (including phenoxy) is 2. The fourth-order valence-electron chi connectivity index (χ4n) is 4.63. The van der Waals surface area contributed by atoms with E-state index in [1.807, 2.05) is 18.2 Å².